The Labute approximate surface area is 82.9 Å². The molecule has 0 spiro atoms. The van der Waals surface area contributed by atoms with Gasteiger partial charge >= 0.3 is 6.18 Å². The van der Waals surface area contributed by atoms with Crippen LogP contribution in [-0.2, 0) is 6.18 Å². The number of hydrogen-bond donors (Lipinski definition) is 1. The van der Waals surface area contributed by atoms with Gasteiger partial charge in [0.1, 0.15) is 17.1 Å². The molecule has 1 rings (SSSR count). The Morgan fingerprint density at radius 3 is 2.36 bits per heavy atom. The van der Waals surface area contributed by atoms with Crippen LogP contribution < -0.4 is 4.74 Å². The van der Waals surface area contributed by atoms with Crippen molar-refractivity contribution < 1.29 is 23.0 Å². The second-order valence-electron chi connectivity index (χ2n) is 2.47. The van der Waals surface area contributed by atoms with Gasteiger partial charge in [-0.1, -0.05) is 11.6 Å². The normalized spacial score (nSPS) is 11.5. The molecule has 1 aromatic carbocycles. The third-order valence-electron chi connectivity index (χ3n) is 1.59. The molecule has 0 aliphatic rings. The number of aromatic hydroxyl groups is 1. The van der Waals surface area contributed by atoms with Crippen molar-refractivity contribution >= 4 is 11.6 Å². The Balaban J connectivity index is 3.44. The Kier molecular flexibility index (Phi) is 2.80. The zero-order chi connectivity index (χ0) is 10.9. The van der Waals surface area contributed by atoms with E-state index in [1.165, 1.54) is 0 Å². The summed E-state index contributed by atoms with van der Waals surface area (Å²) >= 11 is 5.31. The molecule has 0 atom stereocenters. The molecule has 78 valence electrons. The first-order chi connectivity index (χ1) is 6.38. The second-order valence-corrected chi connectivity index (χ2v) is 2.85. The van der Waals surface area contributed by atoms with E-state index < -0.39 is 28.3 Å². The SMILES string of the molecule is COc1ccc(O)c(Cl)c1C(F)(F)F. The van der Waals surface area contributed by atoms with Crippen molar-refractivity contribution in [3.05, 3.63) is 22.7 Å². The van der Waals surface area contributed by atoms with E-state index in [-0.39, 0.29) is 0 Å². The number of rotatable bonds is 1. The van der Waals surface area contributed by atoms with Crippen molar-refractivity contribution in [2.24, 2.45) is 0 Å². The van der Waals surface area contributed by atoms with Gasteiger partial charge in [-0.15, -0.1) is 0 Å². The lowest BCUT2D eigenvalue weighted by molar-refractivity contribution is -0.138. The van der Waals surface area contributed by atoms with Gasteiger partial charge in [0.25, 0.3) is 0 Å². The van der Waals surface area contributed by atoms with E-state index in [0.29, 0.717) is 0 Å². The molecule has 0 saturated carbocycles. The van der Waals surface area contributed by atoms with Crippen molar-refractivity contribution in [3.63, 3.8) is 0 Å². The first-order valence-electron chi connectivity index (χ1n) is 3.50. The fraction of sp³-hybridized carbons (Fsp3) is 0.250. The molecule has 0 amide bonds. The predicted octanol–water partition coefficient (Wildman–Crippen LogP) is 3.07. The maximum Gasteiger partial charge on any atom is 0.421 e. The zero-order valence-corrected chi connectivity index (χ0v) is 7.78. The van der Waals surface area contributed by atoms with Crippen LogP contribution in [0.4, 0.5) is 13.2 Å². The van der Waals surface area contributed by atoms with Crippen LogP contribution in [0.15, 0.2) is 12.1 Å². The van der Waals surface area contributed by atoms with Crippen LogP contribution in [0.5, 0.6) is 11.5 Å². The Hall–Kier alpha value is -1.10. The highest BCUT2D eigenvalue weighted by atomic mass is 35.5. The molecule has 2 nitrogen and oxygen atoms in total. The summed E-state index contributed by atoms with van der Waals surface area (Å²) in [5.74, 6) is -1.04. The summed E-state index contributed by atoms with van der Waals surface area (Å²) in [6.07, 6.45) is -4.65. The number of phenolic OH excluding ortho intramolecular Hbond substituents is 1. The van der Waals surface area contributed by atoms with Crippen molar-refractivity contribution in [2.45, 2.75) is 6.18 Å². The van der Waals surface area contributed by atoms with Crippen molar-refractivity contribution in [1.29, 1.82) is 0 Å². The molecule has 0 heterocycles. The average Bonchev–Trinajstić information content (AvgIpc) is 2.07. The summed E-state index contributed by atoms with van der Waals surface area (Å²) in [4.78, 5) is 0. The summed E-state index contributed by atoms with van der Waals surface area (Å²) < 4.78 is 41.7. The van der Waals surface area contributed by atoms with Gasteiger partial charge in [-0.05, 0) is 12.1 Å². The molecule has 0 aliphatic carbocycles. The third-order valence-corrected chi connectivity index (χ3v) is 1.97. The van der Waals surface area contributed by atoms with E-state index in [1.54, 1.807) is 0 Å². The first kappa shape index (κ1) is 11.0. The van der Waals surface area contributed by atoms with E-state index in [1.807, 2.05) is 0 Å². The minimum Gasteiger partial charge on any atom is -0.506 e. The minimum atomic E-state index is -4.65. The Morgan fingerprint density at radius 2 is 1.93 bits per heavy atom. The number of methoxy groups -OCH3 is 1. The summed E-state index contributed by atoms with van der Waals surface area (Å²) in [5, 5.41) is 8.24. The zero-order valence-electron chi connectivity index (χ0n) is 7.02. The highest BCUT2D eigenvalue weighted by Gasteiger charge is 2.38. The van der Waals surface area contributed by atoms with Gasteiger partial charge in [0.05, 0.1) is 12.1 Å². The van der Waals surface area contributed by atoms with Crippen LogP contribution in [0.3, 0.4) is 0 Å². The van der Waals surface area contributed by atoms with Crippen LogP contribution in [0.2, 0.25) is 5.02 Å². The molecular formula is C8H6ClF3O2. The van der Waals surface area contributed by atoms with Gasteiger partial charge in [0.15, 0.2) is 0 Å². The lowest BCUT2D eigenvalue weighted by atomic mass is 10.2. The lowest BCUT2D eigenvalue weighted by Gasteiger charge is -2.13. The number of hydrogen-bond acceptors (Lipinski definition) is 2. The molecular weight excluding hydrogens is 221 g/mol. The highest BCUT2D eigenvalue weighted by Crippen LogP contribution is 2.44. The van der Waals surface area contributed by atoms with Crippen LogP contribution in [-0.4, -0.2) is 12.2 Å². The predicted molar refractivity (Wildman–Crippen MR) is 44.7 cm³/mol. The van der Waals surface area contributed by atoms with Gasteiger partial charge in [-0.25, -0.2) is 0 Å². The highest BCUT2D eigenvalue weighted by molar-refractivity contribution is 6.33. The topological polar surface area (TPSA) is 29.5 Å². The van der Waals surface area contributed by atoms with Crippen LogP contribution >= 0.6 is 11.6 Å². The summed E-state index contributed by atoms with van der Waals surface area (Å²) in [7, 11) is 1.10. The summed E-state index contributed by atoms with van der Waals surface area (Å²) in [6.45, 7) is 0. The lowest BCUT2D eigenvalue weighted by Crippen LogP contribution is -2.08. The van der Waals surface area contributed by atoms with Gasteiger partial charge in [0, 0.05) is 0 Å². The molecule has 6 heteroatoms. The van der Waals surface area contributed by atoms with E-state index in [2.05, 4.69) is 4.74 Å². The van der Waals surface area contributed by atoms with Gasteiger partial charge in [-0.2, -0.15) is 13.2 Å². The van der Waals surface area contributed by atoms with E-state index in [4.69, 9.17) is 16.7 Å². The molecule has 0 unspecified atom stereocenters. The smallest absolute Gasteiger partial charge is 0.421 e. The van der Waals surface area contributed by atoms with Gasteiger partial charge < -0.3 is 9.84 Å². The maximum absolute atomic E-state index is 12.4. The standard InChI is InChI=1S/C8H6ClF3O2/c1-14-5-3-2-4(13)7(9)6(5)8(10,11)12/h2-3,13H,1H3. The third kappa shape index (κ3) is 1.87. The Morgan fingerprint density at radius 1 is 1.36 bits per heavy atom. The van der Waals surface area contributed by atoms with Crippen LogP contribution in [0.1, 0.15) is 5.56 Å². The van der Waals surface area contributed by atoms with Crippen LogP contribution in [0.25, 0.3) is 0 Å². The minimum absolute atomic E-state index is 0.416. The monoisotopic (exact) mass is 226 g/mol. The summed E-state index contributed by atoms with van der Waals surface area (Å²) in [5.41, 5.74) is -1.17. The number of phenols is 1. The fourth-order valence-electron chi connectivity index (χ4n) is 0.982. The second kappa shape index (κ2) is 3.57. The van der Waals surface area contributed by atoms with E-state index >= 15 is 0 Å². The number of halogens is 4. The van der Waals surface area contributed by atoms with E-state index in [9.17, 15) is 13.2 Å². The number of ether oxygens (including phenoxy) is 1. The van der Waals surface area contributed by atoms with Crippen molar-refractivity contribution in [2.75, 3.05) is 7.11 Å². The quantitative estimate of drug-likeness (QED) is 0.797. The Bertz CT molecular complexity index is 349. The molecule has 0 saturated heterocycles. The largest absolute Gasteiger partial charge is 0.506 e. The molecule has 14 heavy (non-hydrogen) atoms. The summed E-state index contributed by atoms with van der Waals surface area (Å²) in [6, 6.07) is 2.04. The molecule has 0 bridgehead atoms. The average molecular weight is 227 g/mol. The van der Waals surface area contributed by atoms with Crippen molar-refractivity contribution in [3.8, 4) is 11.5 Å². The number of alkyl halides is 3. The van der Waals surface area contributed by atoms with E-state index in [0.717, 1.165) is 19.2 Å². The molecule has 1 aromatic rings. The molecule has 0 fully saturated rings. The van der Waals surface area contributed by atoms with Gasteiger partial charge in [-0.3, -0.25) is 0 Å². The molecule has 0 aliphatic heterocycles. The molecule has 0 radical (unpaired) electrons. The fourth-order valence-corrected chi connectivity index (χ4v) is 1.24. The first-order valence-corrected chi connectivity index (χ1v) is 3.88. The van der Waals surface area contributed by atoms with Crippen LogP contribution in [0, 0.1) is 0 Å². The number of benzene rings is 1. The molecule has 0 aromatic heterocycles. The maximum atomic E-state index is 12.4. The van der Waals surface area contributed by atoms with Gasteiger partial charge in [0.2, 0.25) is 0 Å². The van der Waals surface area contributed by atoms with Crippen molar-refractivity contribution in [1.82, 2.24) is 0 Å². The molecule has 1 N–H and O–H groups in total.